The molecule has 0 atom stereocenters. The Hall–Kier alpha value is -2.69. The van der Waals surface area contributed by atoms with Gasteiger partial charge in [-0.05, 0) is 36.6 Å². The highest BCUT2D eigenvalue weighted by Gasteiger charge is 2.16. The van der Waals surface area contributed by atoms with E-state index in [-0.39, 0.29) is 11.7 Å². The molecule has 3 rings (SSSR count). The standard InChI is InChI=1S/C17H18N4O/c1-11(2)15-17(20-19-13-8-5-4-7-12(13)3)21-10-6-9-14(22)16(21)18-15/h4-11,22H,1-3H3. The zero-order chi connectivity index (χ0) is 15.7. The summed E-state index contributed by atoms with van der Waals surface area (Å²) in [6.45, 7) is 6.09. The molecule has 0 saturated heterocycles. The Labute approximate surface area is 129 Å². The van der Waals surface area contributed by atoms with E-state index in [4.69, 9.17) is 0 Å². The maximum absolute atomic E-state index is 9.96. The molecule has 0 saturated carbocycles. The van der Waals surface area contributed by atoms with Crippen molar-refractivity contribution >= 4 is 17.2 Å². The molecule has 0 spiro atoms. The van der Waals surface area contributed by atoms with E-state index >= 15 is 0 Å². The van der Waals surface area contributed by atoms with Crippen LogP contribution in [-0.4, -0.2) is 14.5 Å². The predicted molar refractivity (Wildman–Crippen MR) is 86.3 cm³/mol. The van der Waals surface area contributed by atoms with Crippen LogP contribution in [0.2, 0.25) is 0 Å². The number of aryl methyl sites for hydroxylation is 1. The number of hydrogen-bond donors (Lipinski definition) is 1. The van der Waals surface area contributed by atoms with E-state index in [1.165, 1.54) is 0 Å². The molecule has 2 aromatic heterocycles. The van der Waals surface area contributed by atoms with Crippen LogP contribution in [0.3, 0.4) is 0 Å². The topological polar surface area (TPSA) is 62.2 Å². The molecule has 112 valence electrons. The van der Waals surface area contributed by atoms with Crippen LogP contribution in [0.15, 0.2) is 52.8 Å². The molecule has 0 fully saturated rings. The van der Waals surface area contributed by atoms with Crippen molar-refractivity contribution in [3.05, 3.63) is 53.9 Å². The smallest absolute Gasteiger partial charge is 0.183 e. The van der Waals surface area contributed by atoms with Crippen LogP contribution in [0.5, 0.6) is 5.75 Å². The third kappa shape index (κ3) is 2.45. The van der Waals surface area contributed by atoms with Gasteiger partial charge in [0.2, 0.25) is 0 Å². The number of hydrogen-bond acceptors (Lipinski definition) is 4. The number of nitrogens with zero attached hydrogens (tertiary/aromatic N) is 4. The van der Waals surface area contributed by atoms with Gasteiger partial charge in [0, 0.05) is 6.20 Å². The van der Waals surface area contributed by atoms with Crippen LogP contribution in [0, 0.1) is 6.92 Å². The van der Waals surface area contributed by atoms with Gasteiger partial charge in [-0.2, -0.15) is 0 Å². The molecule has 1 N–H and O–H groups in total. The quantitative estimate of drug-likeness (QED) is 0.699. The molecule has 22 heavy (non-hydrogen) atoms. The van der Waals surface area contributed by atoms with Crippen LogP contribution in [0.1, 0.15) is 31.0 Å². The summed E-state index contributed by atoms with van der Waals surface area (Å²) in [6, 6.07) is 11.2. The average molecular weight is 294 g/mol. The maximum Gasteiger partial charge on any atom is 0.183 e. The summed E-state index contributed by atoms with van der Waals surface area (Å²) >= 11 is 0. The van der Waals surface area contributed by atoms with E-state index in [0.717, 1.165) is 16.9 Å². The molecular formula is C17H18N4O. The van der Waals surface area contributed by atoms with Crippen molar-refractivity contribution in [1.29, 1.82) is 0 Å². The molecule has 5 nitrogen and oxygen atoms in total. The number of fused-ring (bicyclic) bond motifs is 1. The lowest BCUT2D eigenvalue weighted by molar-refractivity contribution is 0.477. The fraction of sp³-hybridized carbons (Fsp3) is 0.235. The monoisotopic (exact) mass is 294 g/mol. The highest BCUT2D eigenvalue weighted by atomic mass is 16.3. The van der Waals surface area contributed by atoms with E-state index in [0.29, 0.717) is 11.5 Å². The average Bonchev–Trinajstić information content (AvgIpc) is 2.87. The Bertz CT molecular complexity index is 849. The third-order valence-corrected chi connectivity index (χ3v) is 3.54. The SMILES string of the molecule is Cc1ccccc1N=Nc1c(C(C)C)nc2c(O)cccn12. The first kappa shape index (κ1) is 14.3. The second-order valence-corrected chi connectivity index (χ2v) is 5.55. The van der Waals surface area contributed by atoms with E-state index in [9.17, 15) is 5.11 Å². The Morgan fingerprint density at radius 3 is 2.59 bits per heavy atom. The lowest BCUT2D eigenvalue weighted by Gasteiger charge is -2.02. The largest absolute Gasteiger partial charge is 0.504 e. The summed E-state index contributed by atoms with van der Waals surface area (Å²) in [6.07, 6.45) is 1.83. The summed E-state index contributed by atoms with van der Waals surface area (Å²) < 4.78 is 1.77. The van der Waals surface area contributed by atoms with Crippen LogP contribution in [0.4, 0.5) is 11.5 Å². The van der Waals surface area contributed by atoms with Crippen LogP contribution in [-0.2, 0) is 0 Å². The number of imidazole rings is 1. The van der Waals surface area contributed by atoms with E-state index in [1.807, 2.05) is 51.2 Å². The Kier molecular flexibility index (Phi) is 3.63. The lowest BCUT2D eigenvalue weighted by atomic mass is 10.1. The first-order chi connectivity index (χ1) is 10.6. The van der Waals surface area contributed by atoms with Gasteiger partial charge in [-0.3, -0.25) is 4.40 Å². The van der Waals surface area contributed by atoms with Gasteiger partial charge in [-0.25, -0.2) is 4.98 Å². The number of azo groups is 1. The van der Waals surface area contributed by atoms with Crippen molar-refractivity contribution in [1.82, 2.24) is 9.38 Å². The molecule has 0 amide bonds. The lowest BCUT2D eigenvalue weighted by Crippen LogP contribution is -1.87. The van der Waals surface area contributed by atoms with E-state index in [1.54, 1.807) is 16.5 Å². The molecule has 0 radical (unpaired) electrons. The van der Waals surface area contributed by atoms with Gasteiger partial charge in [-0.1, -0.05) is 32.0 Å². The molecule has 2 heterocycles. The van der Waals surface area contributed by atoms with Crippen LogP contribution in [0.25, 0.3) is 5.65 Å². The maximum atomic E-state index is 9.96. The Morgan fingerprint density at radius 1 is 1.09 bits per heavy atom. The van der Waals surface area contributed by atoms with Crippen molar-refractivity contribution in [3.8, 4) is 5.75 Å². The Morgan fingerprint density at radius 2 is 1.86 bits per heavy atom. The first-order valence-corrected chi connectivity index (χ1v) is 7.25. The van der Waals surface area contributed by atoms with Gasteiger partial charge < -0.3 is 5.11 Å². The number of aromatic nitrogens is 2. The highest BCUT2D eigenvalue weighted by molar-refractivity contribution is 5.60. The number of rotatable bonds is 3. The summed E-state index contributed by atoms with van der Waals surface area (Å²) in [5.41, 5.74) is 3.21. The minimum absolute atomic E-state index is 0.141. The zero-order valence-electron chi connectivity index (χ0n) is 12.9. The minimum atomic E-state index is 0.141. The molecular weight excluding hydrogens is 276 g/mol. The highest BCUT2D eigenvalue weighted by Crippen LogP contribution is 2.32. The van der Waals surface area contributed by atoms with Crippen molar-refractivity contribution in [2.24, 2.45) is 10.2 Å². The molecule has 0 aliphatic rings. The molecule has 0 aliphatic heterocycles. The second kappa shape index (κ2) is 5.60. The summed E-state index contributed by atoms with van der Waals surface area (Å²) in [7, 11) is 0. The van der Waals surface area contributed by atoms with Crippen molar-refractivity contribution < 1.29 is 5.11 Å². The first-order valence-electron chi connectivity index (χ1n) is 7.25. The van der Waals surface area contributed by atoms with Gasteiger partial charge in [0.05, 0.1) is 11.4 Å². The molecule has 0 aliphatic carbocycles. The van der Waals surface area contributed by atoms with Gasteiger partial charge in [0.25, 0.3) is 0 Å². The normalized spacial score (nSPS) is 11.8. The predicted octanol–water partition coefficient (Wildman–Crippen LogP) is 4.89. The van der Waals surface area contributed by atoms with Crippen molar-refractivity contribution in [3.63, 3.8) is 0 Å². The molecule has 0 bridgehead atoms. The molecule has 5 heteroatoms. The molecule has 0 unspecified atom stereocenters. The van der Waals surface area contributed by atoms with Gasteiger partial charge in [0.1, 0.15) is 0 Å². The molecule has 3 aromatic rings. The fourth-order valence-corrected chi connectivity index (χ4v) is 2.32. The third-order valence-electron chi connectivity index (χ3n) is 3.54. The van der Waals surface area contributed by atoms with E-state index in [2.05, 4.69) is 15.2 Å². The summed E-state index contributed by atoms with van der Waals surface area (Å²) in [5, 5.41) is 18.7. The fourth-order valence-electron chi connectivity index (χ4n) is 2.32. The van der Waals surface area contributed by atoms with Crippen LogP contribution < -0.4 is 0 Å². The summed E-state index contributed by atoms with van der Waals surface area (Å²) in [4.78, 5) is 4.51. The summed E-state index contributed by atoms with van der Waals surface area (Å²) in [5.74, 6) is 0.982. The van der Waals surface area contributed by atoms with Crippen LogP contribution >= 0.6 is 0 Å². The molecule has 1 aromatic carbocycles. The zero-order valence-corrected chi connectivity index (χ0v) is 12.9. The van der Waals surface area contributed by atoms with Gasteiger partial charge >= 0.3 is 0 Å². The van der Waals surface area contributed by atoms with Crippen molar-refractivity contribution in [2.45, 2.75) is 26.7 Å². The van der Waals surface area contributed by atoms with Gasteiger partial charge in [0.15, 0.2) is 17.2 Å². The minimum Gasteiger partial charge on any atom is -0.504 e. The number of benzene rings is 1. The van der Waals surface area contributed by atoms with E-state index < -0.39 is 0 Å². The van der Waals surface area contributed by atoms with Gasteiger partial charge in [-0.15, -0.1) is 10.2 Å². The second-order valence-electron chi connectivity index (χ2n) is 5.55. The number of aromatic hydroxyl groups is 1. The van der Waals surface area contributed by atoms with Crippen molar-refractivity contribution in [2.75, 3.05) is 0 Å². The Balaban J connectivity index is 2.15. The number of pyridine rings is 1.